The molecule has 2 heterocycles. The Kier molecular flexibility index (Phi) is 1.68. The highest BCUT2D eigenvalue weighted by Crippen LogP contribution is 2.27. The molecule has 1 saturated heterocycles. The van der Waals surface area contributed by atoms with Crippen LogP contribution in [0.5, 0.6) is 0 Å². The third-order valence-electron chi connectivity index (χ3n) is 2.43. The third kappa shape index (κ3) is 1.30. The Morgan fingerprint density at radius 3 is 3.09 bits per heavy atom. The quantitative estimate of drug-likeness (QED) is 0.390. The van der Waals surface area contributed by atoms with Crippen LogP contribution in [0.15, 0.2) is 12.2 Å². The van der Waals surface area contributed by atoms with Gasteiger partial charge in [-0.2, -0.15) is 0 Å². The van der Waals surface area contributed by atoms with Crippen LogP contribution in [0.1, 0.15) is 25.7 Å². The molecular formula is C9H12O2. The minimum absolute atomic E-state index is 0.0191. The van der Waals surface area contributed by atoms with Crippen LogP contribution in [-0.2, 0) is 9.53 Å². The van der Waals surface area contributed by atoms with Crippen LogP contribution in [-0.4, -0.2) is 12.1 Å². The van der Waals surface area contributed by atoms with Gasteiger partial charge in [0.25, 0.3) is 0 Å². The molecule has 0 radical (unpaired) electrons. The molecule has 2 nitrogen and oxygen atoms in total. The SMILES string of the molecule is O=C1OC2/C=C\CCC1CC2. The van der Waals surface area contributed by atoms with Crippen molar-refractivity contribution in [1.82, 2.24) is 0 Å². The number of fused-ring (bicyclic) bond motifs is 4. The van der Waals surface area contributed by atoms with Crippen LogP contribution in [0.2, 0.25) is 0 Å². The minimum Gasteiger partial charge on any atom is -0.458 e. The van der Waals surface area contributed by atoms with Crippen molar-refractivity contribution in [1.29, 1.82) is 0 Å². The van der Waals surface area contributed by atoms with E-state index in [1.54, 1.807) is 0 Å². The molecule has 2 bridgehead atoms. The Labute approximate surface area is 66.2 Å². The lowest BCUT2D eigenvalue weighted by molar-refractivity contribution is -0.157. The maximum Gasteiger partial charge on any atom is 0.309 e. The van der Waals surface area contributed by atoms with E-state index >= 15 is 0 Å². The van der Waals surface area contributed by atoms with Crippen molar-refractivity contribution in [3.05, 3.63) is 12.2 Å². The summed E-state index contributed by atoms with van der Waals surface area (Å²) in [7, 11) is 0. The average molecular weight is 152 g/mol. The van der Waals surface area contributed by atoms with E-state index in [0.29, 0.717) is 0 Å². The summed E-state index contributed by atoms with van der Waals surface area (Å²) in [6.07, 6.45) is 8.29. The Hall–Kier alpha value is -0.790. The van der Waals surface area contributed by atoms with E-state index in [1.807, 2.05) is 6.08 Å². The van der Waals surface area contributed by atoms with E-state index in [9.17, 15) is 4.79 Å². The number of hydrogen-bond acceptors (Lipinski definition) is 2. The van der Waals surface area contributed by atoms with Crippen molar-refractivity contribution in [2.45, 2.75) is 31.8 Å². The van der Waals surface area contributed by atoms with Gasteiger partial charge >= 0.3 is 5.97 Å². The van der Waals surface area contributed by atoms with Gasteiger partial charge in [-0.15, -0.1) is 0 Å². The van der Waals surface area contributed by atoms with Gasteiger partial charge in [0.1, 0.15) is 6.10 Å². The first-order valence-electron chi connectivity index (χ1n) is 4.23. The molecule has 1 fully saturated rings. The molecule has 3 aliphatic rings. The molecule has 2 heteroatoms. The highest BCUT2D eigenvalue weighted by molar-refractivity contribution is 5.73. The summed E-state index contributed by atoms with van der Waals surface area (Å²) in [5, 5.41) is 0. The summed E-state index contributed by atoms with van der Waals surface area (Å²) in [6.45, 7) is 0. The predicted octanol–water partition coefficient (Wildman–Crippen LogP) is 1.66. The second-order valence-corrected chi connectivity index (χ2v) is 3.26. The smallest absolute Gasteiger partial charge is 0.309 e. The summed E-state index contributed by atoms with van der Waals surface area (Å²) in [5.74, 6) is 0.210. The topological polar surface area (TPSA) is 26.3 Å². The van der Waals surface area contributed by atoms with Gasteiger partial charge in [0.2, 0.25) is 0 Å². The predicted molar refractivity (Wildman–Crippen MR) is 41.0 cm³/mol. The maximum absolute atomic E-state index is 11.2. The molecule has 0 aromatic rings. The van der Waals surface area contributed by atoms with Crippen molar-refractivity contribution in [3.63, 3.8) is 0 Å². The molecule has 0 saturated carbocycles. The Balaban J connectivity index is 2.18. The van der Waals surface area contributed by atoms with Crippen molar-refractivity contribution < 1.29 is 9.53 Å². The number of rotatable bonds is 0. The van der Waals surface area contributed by atoms with Gasteiger partial charge in [-0.3, -0.25) is 4.79 Å². The number of carbonyl (C=O) groups is 1. The standard InChI is InChI=1S/C9H12O2/c10-9-7-3-1-2-4-8(11-9)6-5-7/h2,4,7-8H,1,3,5-6H2/b4-2-. The van der Waals surface area contributed by atoms with Gasteiger partial charge in [-0.05, 0) is 31.8 Å². The lowest BCUT2D eigenvalue weighted by Crippen LogP contribution is -2.31. The lowest BCUT2D eigenvalue weighted by Gasteiger charge is -2.27. The van der Waals surface area contributed by atoms with Crippen LogP contribution in [0, 0.1) is 5.92 Å². The molecule has 0 N–H and O–H groups in total. The second kappa shape index (κ2) is 2.68. The van der Waals surface area contributed by atoms with Gasteiger partial charge in [-0.1, -0.05) is 6.08 Å². The molecule has 2 aliphatic heterocycles. The molecule has 11 heavy (non-hydrogen) atoms. The summed E-state index contributed by atoms with van der Waals surface area (Å²) >= 11 is 0. The zero-order valence-corrected chi connectivity index (χ0v) is 6.45. The summed E-state index contributed by atoms with van der Waals surface area (Å²) in [4.78, 5) is 11.2. The molecule has 0 aromatic carbocycles. The Morgan fingerprint density at radius 1 is 1.36 bits per heavy atom. The molecule has 2 atom stereocenters. The first kappa shape index (κ1) is 6.89. The van der Waals surface area contributed by atoms with E-state index in [-0.39, 0.29) is 18.0 Å². The molecule has 1 aliphatic carbocycles. The monoisotopic (exact) mass is 152 g/mol. The molecule has 60 valence electrons. The van der Waals surface area contributed by atoms with Crippen LogP contribution in [0.25, 0.3) is 0 Å². The third-order valence-corrected chi connectivity index (χ3v) is 2.43. The molecular weight excluding hydrogens is 140 g/mol. The molecule has 3 rings (SSSR count). The summed E-state index contributed by atoms with van der Waals surface area (Å²) in [6, 6.07) is 0. The van der Waals surface area contributed by atoms with Gasteiger partial charge < -0.3 is 4.74 Å². The Morgan fingerprint density at radius 2 is 2.27 bits per heavy atom. The molecule has 0 spiro atoms. The van der Waals surface area contributed by atoms with Gasteiger partial charge in [0.05, 0.1) is 5.92 Å². The minimum atomic E-state index is 0.0191. The van der Waals surface area contributed by atoms with Crippen LogP contribution < -0.4 is 0 Å². The van der Waals surface area contributed by atoms with E-state index < -0.39 is 0 Å². The molecule has 0 aromatic heterocycles. The molecule has 2 unspecified atom stereocenters. The zero-order valence-electron chi connectivity index (χ0n) is 6.45. The number of hydrogen-bond donors (Lipinski definition) is 0. The van der Waals surface area contributed by atoms with Crippen molar-refractivity contribution >= 4 is 5.97 Å². The van der Waals surface area contributed by atoms with E-state index in [1.165, 1.54) is 0 Å². The largest absolute Gasteiger partial charge is 0.458 e. The average Bonchev–Trinajstić information content (AvgIpc) is 1.92. The second-order valence-electron chi connectivity index (χ2n) is 3.26. The fourth-order valence-corrected chi connectivity index (χ4v) is 1.73. The zero-order chi connectivity index (χ0) is 7.68. The van der Waals surface area contributed by atoms with Crippen LogP contribution in [0.4, 0.5) is 0 Å². The van der Waals surface area contributed by atoms with E-state index in [2.05, 4.69) is 6.08 Å². The highest BCUT2D eigenvalue weighted by Gasteiger charge is 2.29. The number of ether oxygens (including phenoxy) is 1. The van der Waals surface area contributed by atoms with Gasteiger partial charge in [0, 0.05) is 0 Å². The first-order chi connectivity index (χ1) is 5.36. The lowest BCUT2D eigenvalue weighted by atomic mass is 9.91. The fraction of sp³-hybridized carbons (Fsp3) is 0.667. The number of esters is 1. The molecule has 0 amide bonds. The fourth-order valence-electron chi connectivity index (χ4n) is 1.73. The van der Waals surface area contributed by atoms with Crippen molar-refractivity contribution in [2.24, 2.45) is 5.92 Å². The number of allylic oxidation sites excluding steroid dienone is 1. The Bertz CT molecular complexity index is 196. The number of carbonyl (C=O) groups excluding carboxylic acids is 1. The van der Waals surface area contributed by atoms with E-state index in [4.69, 9.17) is 4.74 Å². The van der Waals surface area contributed by atoms with Crippen LogP contribution in [0.3, 0.4) is 0 Å². The highest BCUT2D eigenvalue weighted by atomic mass is 16.5. The van der Waals surface area contributed by atoms with Crippen LogP contribution >= 0.6 is 0 Å². The van der Waals surface area contributed by atoms with Crippen molar-refractivity contribution in [3.8, 4) is 0 Å². The van der Waals surface area contributed by atoms with Gasteiger partial charge in [0.15, 0.2) is 0 Å². The van der Waals surface area contributed by atoms with E-state index in [0.717, 1.165) is 25.7 Å². The summed E-state index contributed by atoms with van der Waals surface area (Å²) in [5.41, 5.74) is 0. The van der Waals surface area contributed by atoms with Crippen molar-refractivity contribution in [2.75, 3.05) is 0 Å². The van der Waals surface area contributed by atoms with Gasteiger partial charge in [-0.25, -0.2) is 0 Å². The maximum atomic E-state index is 11.2. The summed E-state index contributed by atoms with van der Waals surface area (Å²) < 4.78 is 5.16. The first-order valence-corrected chi connectivity index (χ1v) is 4.23. The normalized spacial score (nSPS) is 39.1.